The highest BCUT2D eigenvalue weighted by Crippen LogP contribution is 2.40. The molecule has 1 aromatic rings. The first-order valence-corrected chi connectivity index (χ1v) is 8.02. The quantitative estimate of drug-likeness (QED) is 0.861. The van der Waals surface area contributed by atoms with E-state index in [1.165, 1.54) is 37.7 Å². The Kier molecular flexibility index (Phi) is 4.16. The highest BCUT2D eigenvalue weighted by Gasteiger charge is 2.31. The van der Waals surface area contributed by atoms with Crippen LogP contribution >= 0.6 is 0 Å². The lowest BCUT2D eigenvalue weighted by molar-refractivity contribution is 0.266. The standard InChI is InChI=1S/C17H26N2O/c1-2-17(8-3-4-9-17)13-18-12-14-6-5-7-15-16(14)20-11-10-19-15/h5-7,18-19H,2-4,8-13H2,1H3. The smallest absolute Gasteiger partial charge is 0.146 e. The van der Waals surface area contributed by atoms with Crippen molar-refractivity contribution in [1.29, 1.82) is 0 Å². The molecule has 0 bridgehead atoms. The minimum atomic E-state index is 0.550. The molecule has 0 unspecified atom stereocenters. The summed E-state index contributed by atoms with van der Waals surface area (Å²) >= 11 is 0. The Bertz CT molecular complexity index is 452. The fourth-order valence-electron chi connectivity index (χ4n) is 3.62. The molecule has 0 atom stereocenters. The van der Waals surface area contributed by atoms with E-state index in [4.69, 9.17) is 4.74 Å². The summed E-state index contributed by atoms with van der Waals surface area (Å²) in [4.78, 5) is 0. The van der Waals surface area contributed by atoms with Gasteiger partial charge in [0.2, 0.25) is 0 Å². The van der Waals surface area contributed by atoms with Crippen LogP contribution in [-0.4, -0.2) is 19.7 Å². The summed E-state index contributed by atoms with van der Waals surface area (Å²) in [6.07, 6.45) is 6.89. The van der Waals surface area contributed by atoms with Crippen molar-refractivity contribution in [1.82, 2.24) is 5.32 Å². The summed E-state index contributed by atoms with van der Waals surface area (Å²) in [6.45, 7) is 6.06. The molecule has 0 spiro atoms. The van der Waals surface area contributed by atoms with Crippen LogP contribution in [0.15, 0.2) is 18.2 Å². The highest BCUT2D eigenvalue weighted by molar-refractivity contribution is 5.61. The lowest BCUT2D eigenvalue weighted by Gasteiger charge is -2.28. The molecule has 2 N–H and O–H groups in total. The van der Waals surface area contributed by atoms with Crippen LogP contribution in [0.3, 0.4) is 0 Å². The second kappa shape index (κ2) is 6.04. The Morgan fingerprint density at radius 1 is 1.30 bits per heavy atom. The first-order valence-electron chi connectivity index (χ1n) is 8.02. The van der Waals surface area contributed by atoms with Crippen LogP contribution in [0.25, 0.3) is 0 Å². The van der Waals surface area contributed by atoms with E-state index in [0.717, 1.165) is 37.7 Å². The molecule has 1 saturated carbocycles. The van der Waals surface area contributed by atoms with Crippen molar-refractivity contribution in [3.63, 3.8) is 0 Å². The fourth-order valence-corrected chi connectivity index (χ4v) is 3.62. The van der Waals surface area contributed by atoms with Crippen LogP contribution in [0.4, 0.5) is 5.69 Å². The van der Waals surface area contributed by atoms with E-state index in [9.17, 15) is 0 Å². The van der Waals surface area contributed by atoms with Gasteiger partial charge >= 0.3 is 0 Å². The number of rotatable bonds is 5. The lowest BCUT2D eigenvalue weighted by Crippen LogP contribution is -2.31. The largest absolute Gasteiger partial charge is 0.489 e. The van der Waals surface area contributed by atoms with Crippen molar-refractivity contribution in [3.05, 3.63) is 23.8 Å². The molecule has 3 heteroatoms. The molecule has 1 aliphatic heterocycles. The molecule has 3 rings (SSSR count). The molecule has 110 valence electrons. The van der Waals surface area contributed by atoms with E-state index in [-0.39, 0.29) is 0 Å². The first kappa shape index (κ1) is 13.7. The maximum Gasteiger partial charge on any atom is 0.146 e. The van der Waals surface area contributed by atoms with E-state index < -0.39 is 0 Å². The lowest BCUT2D eigenvalue weighted by atomic mass is 9.83. The number of ether oxygens (including phenoxy) is 1. The number of anilines is 1. The van der Waals surface area contributed by atoms with Crippen LogP contribution in [0.5, 0.6) is 5.75 Å². The van der Waals surface area contributed by atoms with Crippen molar-refractivity contribution >= 4 is 5.69 Å². The average Bonchev–Trinajstić information content (AvgIpc) is 2.97. The predicted octanol–water partition coefficient (Wildman–Crippen LogP) is 3.55. The van der Waals surface area contributed by atoms with Crippen molar-refractivity contribution in [2.45, 2.75) is 45.6 Å². The Morgan fingerprint density at radius 2 is 2.15 bits per heavy atom. The molecule has 0 aromatic heterocycles. The maximum absolute atomic E-state index is 5.83. The minimum absolute atomic E-state index is 0.550. The molecule has 0 saturated heterocycles. The average molecular weight is 274 g/mol. The van der Waals surface area contributed by atoms with Gasteiger partial charge in [0.15, 0.2) is 0 Å². The van der Waals surface area contributed by atoms with Gasteiger partial charge in [0.25, 0.3) is 0 Å². The molecule has 1 fully saturated rings. The van der Waals surface area contributed by atoms with E-state index >= 15 is 0 Å². The van der Waals surface area contributed by atoms with E-state index in [1.807, 2.05) is 0 Å². The van der Waals surface area contributed by atoms with Gasteiger partial charge in [0.1, 0.15) is 12.4 Å². The third-order valence-corrected chi connectivity index (χ3v) is 4.99. The molecule has 1 aromatic carbocycles. The van der Waals surface area contributed by atoms with Gasteiger partial charge in [-0.25, -0.2) is 0 Å². The molecule has 0 amide bonds. The summed E-state index contributed by atoms with van der Waals surface area (Å²) in [7, 11) is 0. The van der Waals surface area contributed by atoms with Gasteiger partial charge in [0, 0.05) is 25.2 Å². The van der Waals surface area contributed by atoms with Gasteiger partial charge in [-0.1, -0.05) is 31.9 Å². The second-order valence-electron chi connectivity index (χ2n) is 6.23. The monoisotopic (exact) mass is 274 g/mol. The predicted molar refractivity (Wildman–Crippen MR) is 83.3 cm³/mol. The van der Waals surface area contributed by atoms with Crippen LogP contribution < -0.4 is 15.4 Å². The van der Waals surface area contributed by atoms with Gasteiger partial charge in [-0.2, -0.15) is 0 Å². The summed E-state index contributed by atoms with van der Waals surface area (Å²) < 4.78 is 5.83. The number of fused-ring (bicyclic) bond motifs is 1. The van der Waals surface area contributed by atoms with Crippen LogP contribution in [0, 0.1) is 5.41 Å². The topological polar surface area (TPSA) is 33.3 Å². The first-order chi connectivity index (χ1) is 9.83. The zero-order valence-corrected chi connectivity index (χ0v) is 12.5. The summed E-state index contributed by atoms with van der Waals surface area (Å²) in [5.41, 5.74) is 2.97. The van der Waals surface area contributed by atoms with Crippen molar-refractivity contribution < 1.29 is 4.74 Å². The molecule has 1 aliphatic carbocycles. The van der Waals surface area contributed by atoms with E-state index in [2.05, 4.69) is 35.8 Å². The Hall–Kier alpha value is -1.22. The normalized spacial score (nSPS) is 20.1. The minimum Gasteiger partial charge on any atom is -0.489 e. The molecule has 20 heavy (non-hydrogen) atoms. The van der Waals surface area contributed by atoms with Gasteiger partial charge in [-0.3, -0.25) is 0 Å². The number of hydrogen-bond donors (Lipinski definition) is 2. The Morgan fingerprint density at radius 3 is 2.95 bits per heavy atom. The fraction of sp³-hybridized carbons (Fsp3) is 0.647. The molecule has 2 aliphatic rings. The molecule has 1 heterocycles. The van der Waals surface area contributed by atoms with Crippen molar-refractivity contribution in [2.75, 3.05) is 25.0 Å². The van der Waals surface area contributed by atoms with Gasteiger partial charge in [-0.05, 0) is 30.7 Å². The third kappa shape index (κ3) is 2.78. The van der Waals surface area contributed by atoms with Gasteiger partial charge < -0.3 is 15.4 Å². The van der Waals surface area contributed by atoms with E-state index in [1.54, 1.807) is 0 Å². The second-order valence-corrected chi connectivity index (χ2v) is 6.23. The molecule has 3 nitrogen and oxygen atoms in total. The third-order valence-electron chi connectivity index (χ3n) is 4.99. The zero-order chi connectivity index (χ0) is 13.8. The molecular formula is C17H26N2O. The zero-order valence-electron chi connectivity index (χ0n) is 12.5. The van der Waals surface area contributed by atoms with Crippen LogP contribution in [0.1, 0.15) is 44.6 Å². The maximum atomic E-state index is 5.83. The molecule has 0 radical (unpaired) electrons. The summed E-state index contributed by atoms with van der Waals surface area (Å²) in [5, 5.41) is 7.08. The summed E-state index contributed by atoms with van der Waals surface area (Å²) in [5.74, 6) is 1.04. The van der Waals surface area contributed by atoms with Crippen LogP contribution in [0.2, 0.25) is 0 Å². The van der Waals surface area contributed by atoms with Crippen LogP contribution in [-0.2, 0) is 6.54 Å². The molecular weight excluding hydrogens is 248 g/mol. The SMILES string of the molecule is CCC1(CNCc2cccc3c2OCCN3)CCCC1. The number of benzene rings is 1. The summed E-state index contributed by atoms with van der Waals surface area (Å²) in [6, 6.07) is 6.39. The highest BCUT2D eigenvalue weighted by atomic mass is 16.5. The van der Waals surface area contributed by atoms with Gasteiger partial charge in [-0.15, -0.1) is 0 Å². The van der Waals surface area contributed by atoms with Crippen molar-refractivity contribution in [2.24, 2.45) is 5.41 Å². The number of para-hydroxylation sites is 1. The van der Waals surface area contributed by atoms with E-state index in [0.29, 0.717) is 5.41 Å². The van der Waals surface area contributed by atoms with Gasteiger partial charge in [0.05, 0.1) is 5.69 Å². The number of nitrogens with one attached hydrogen (secondary N) is 2. The Labute approximate surface area is 122 Å². The van der Waals surface area contributed by atoms with Crippen molar-refractivity contribution in [3.8, 4) is 5.75 Å². The number of hydrogen-bond acceptors (Lipinski definition) is 3. The Balaban J connectivity index is 1.61.